The summed E-state index contributed by atoms with van der Waals surface area (Å²) in [5.74, 6) is 0.383. The Kier molecular flexibility index (Phi) is 4.93. The summed E-state index contributed by atoms with van der Waals surface area (Å²) < 4.78 is 14.3. The summed E-state index contributed by atoms with van der Waals surface area (Å²) in [4.78, 5) is 6.29. The van der Waals surface area contributed by atoms with Crippen LogP contribution in [-0.2, 0) is 6.54 Å². The van der Waals surface area contributed by atoms with Crippen molar-refractivity contribution in [2.75, 3.05) is 24.5 Å². The molecule has 100 valence electrons. The molecule has 0 aliphatic carbocycles. The third-order valence-electron chi connectivity index (χ3n) is 3.35. The second-order valence-electron chi connectivity index (χ2n) is 4.83. The first-order valence-corrected chi connectivity index (χ1v) is 6.92. The lowest BCUT2D eigenvalue weighted by Crippen LogP contribution is -2.31. The van der Waals surface area contributed by atoms with Gasteiger partial charge in [0.2, 0.25) is 0 Å². The highest BCUT2D eigenvalue weighted by Gasteiger charge is 2.17. The number of pyridine rings is 1. The van der Waals surface area contributed by atoms with Gasteiger partial charge in [0.15, 0.2) is 11.6 Å². The van der Waals surface area contributed by atoms with E-state index in [1.165, 1.54) is 6.42 Å². The highest BCUT2D eigenvalue weighted by Crippen LogP contribution is 2.22. The van der Waals surface area contributed by atoms with Crippen molar-refractivity contribution in [3.05, 3.63) is 23.6 Å². The van der Waals surface area contributed by atoms with Gasteiger partial charge in [0, 0.05) is 31.4 Å². The average Bonchev–Trinajstić information content (AvgIpc) is 2.42. The third-order valence-corrected chi connectivity index (χ3v) is 3.35. The number of hydrogen-bond donors (Lipinski definition) is 1. The van der Waals surface area contributed by atoms with Crippen LogP contribution in [0.1, 0.15) is 38.2 Å². The normalized spacial score (nSPS) is 16.0. The number of anilines is 1. The molecule has 0 atom stereocenters. The first-order valence-electron chi connectivity index (χ1n) is 6.92. The van der Waals surface area contributed by atoms with Crippen LogP contribution in [0.3, 0.4) is 0 Å². The molecule has 0 saturated carbocycles. The van der Waals surface area contributed by atoms with Crippen LogP contribution in [0.5, 0.6) is 0 Å². The summed E-state index contributed by atoms with van der Waals surface area (Å²) >= 11 is 0. The molecule has 18 heavy (non-hydrogen) atoms. The molecule has 0 amide bonds. The van der Waals surface area contributed by atoms with Gasteiger partial charge in [0.25, 0.3) is 0 Å². The highest BCUT2D eigenvalue weighted by atomic mass is 19.1. The molecule has 2 heterocycles. The lowest BCUT2D eigenvalue weighted by Gasteiger charge is -2.28. The van der Waals surface area contributed by atoms with E-state index in [1.807, 2.05) is 0 Å². The summed E-state index contributed by atoms with van der Waals surface area (Å²) in [6.07, 6.45) is 6.30. The standard InChI is InChI=1S/C14H22FN3/c1-2-7-16-11-12-6-8-17-14(13(12)15)18-9-4-3-5-10-18/h6,8,16H,2-5,7,9-11H2,1H3. The Labute approximate surface area is 108 Å². The zero-order chi connectivity index (χ0) is 12.8. The SMILES string of the molecule is CCCNCc1ccnc(N2CCCCC2)c1F. The van der Waals surface area contributed by atoms with Crippen LogP contribution in [0.25, 0.3) is 0 Å². The van der Waals surface area contributed by atoms with Crippen LogP contribution in [0.15, 0.2) is 12.3 Å². The highest BCUT2D eigenvalue weighted by molar-refractivity contribution is 5.43. The maximum atomic E-state index is 14.3. The second kappa shape index (κ2) is 6.69. The molecule has 1 aliphatic heterocycles. The lowest BCUT2D eigenvalue weighted by atomic mass is 10.1. The fourth-order valence-electron chi connectivity index (χ4n) is 2.33. The van der Waals surface area contributed by atoms with Crippen LogP contribution in [0.4, 0.5) is 10.2 Å². The summed E-state index contributed by atoms with van der Waals surface area (Å²) in [5, 5.41) is 3.24. The van der Waals surface area contributed by atoms with Crippen LogP contribution in [0.2, 0.25) is 0 Å². The predicted octanol–water partition coefficient (Wildman–Crippen LogP) is 2.71. The molecule has 2 rings (SSSR count). The van der Waals surface area contributed by atoms with Crippen molar-refractivity contribution in [3.8, 4) is 0 Å². The van der Waals surface area contributed by atoms with E-state index in [0.717, 1.165) is 44.5 Å². The van der Waals surface area contributed by atoms with Crippen LogP contribution >= 0.6 is 0 Å². The van der Waals surface area contributed by atoms with Crippen LogP contribution < -0.4 is 10.2 Å². The minimum absolute atomic E-state index is 0.150. The Bertz CT molecular complexity index is 375. The fraction of sp³-hybridized carbons (Fsp3) is 0.643. The molecule has 1 saturated heterocycles. The first-order chi connectivity index (χ1) is 8.83. The largest absolute Gasteiger partial charge is 0.354 e. The van der Waals surface area contributed by atoms with E-state index in [1.54, 1.807) is 12.3 Å². The molecule has 0 radical (unpaired) electrons. The van der Waals surface area contributed by atoms with Gasteiger partial charge in [0.05, 0.1) is 0 Å². The molecule has 4 heteroatoms. The number of rotatable bonds is 5. The maximum absolute atomic E-state index is 14.3. The van der Waals surface area contributed by atoms with E-state index < -0.39 is 0 Å². The van der Waals surface area contributed by atoms with Crippen molar-refractivity contribution >= 4 is 5.82 Å². The molecule has 1 N–H and O–H groups in total. The Morgan fingerprint density at radius 3 is 2.83 bits per heavy atom. The van der Waals surface area contributed by atoms with E-state index in [2.05, 4.69) is 22.1 Å². The van der Waals surface area contributed by atoms with Gasteiger partial charge in [-0.05, 0) is 38.3 Å². The fourth-order valence-corrected chi connectivity index (χ4v) is 2.33. The predicted molar refractivity (Wildman–Crippen MR) is 72.3 cm³/mol. The number of piperidine rings is 1. The van der Waals surface area contributed by atoms with Crippen molar-refractivity contribution in [2.45, 2.75) is 39.2 Å². The Hall–Kier alpha value is -1.16. The molecule has 0 bridgehead atoms. The molecule has 0 spiro atoms. The van der Waals surface area contributed by atoms with Gasteiger partial charge < -0.3 is 10.2 Å². The Morgan fingerprint density at radius 2 is 2.11 bits per heavy atom. The van der Waals surface area contributed by atoms with Gasteiger partial charge in [-0.25, -0.2) is 9.37 Å². The first kappa shape index (κ1) is 13.3. The zero-order valence-corrected chi connectivity index (χ0v) is 11.1. The number of aromatic nitrogens is 1. The Balaban J connectivity index is 2.08. The molecule has 0 aromatic carbocycles. The van der Waals surface area contributed by atoms with E-state index in [9.17, 15) is 4.39 Å². The summed E-state index contributed by atoms with van der Waals surface area (Å²) in [6.45, 7) is 5.46. The number of halogens is 1. The minimum Gasteiger partial charge on any atom is -0.354 e. The molecule has 3 nitrogen and oxygen atoms in total. The topological polar surface area (TPSA) is 28.2 Å². The second-order valence-corrected chi connectivity index (χ2v) is 4.83. The van der Waals surface area contributed by atoms with Crippen molar-refractivity contribution in [1.82, 2.24) is 10.3 Å². The van der Waals surface area contributed by atoms with Crippen molar-refractivity contribution < 1.29 is 4.39 Å². The van der Waals surface area contributed by atoms with E-state index in [-0.39, 0.29) is 5.82 Å². The molecule has 1 fully saturated rings. The smallest absolute Gasteiger partial charge is 0.170 e. The van der Waals surface area contributed by atoms with Gasteiger partial charge in [-0.3, -0.25) is 0 Å². The van der Waals surface area contributed by atoms with Gasteiger partial charge in [0.1, 0.15) is 0 Å². The quantitative estimate of drug-likeness (QED) is 0.816. The van der Waals surface area contributed by atoms with Crippen molar-refractivity contribution in [2.24, 2.45) is 0 Å². The lowest BCUT2D eigenvalue weighted by molar-refractivity contribution is 0.539. The van der Waals surface area contributed by atoms with E-state index in [0.29, 0.717) is 12.4 Å². The number of nitrogens with zero attached hydrogens (tertiary/aromatic N) is 2. The van der Waals surface area contributed by atoms with Gasteiger partial charge in [-0.15, -0.1) is 0 Å². The monoisotopic (exact) mass is 251 g/mol. The van der Waals surface area contributed by atoms with Crippen LogP contribution in [-0.4, -0.2) is 24.6 Å². The summed E-state index contributed by atoms with van der Waals surface area (Å²) in [7, 11) is 0. The molecular weight excluding hydrogens is 229 g/mol. The van der Waals surface area contributed by atoms with Crippen LogP contribution in [0, 0.1) is 5.82 Å². The molecule has 1 aromatic heterocycles. The van der Waals surface area contributed by atoms with Crippen molar-refractivity contribution in [1.29, 1.82) is 0 Å². The molecule has 0 unspecified atom stereocenters. The number of nitrogens with one attached hydrogen (secondary N) is 1. The van der Waals surface area contributed by atoms with Gasteiger partial charge in [-0.2, -0.15) is 0 Å². The zero-order valence-electron chi connectivity index (χ0n) is 11.1. The molecule has 1 aliphatic rings. The molecule has 1 aromatic rings. The molecular formula is C14H22FN3. The van der Waals surface area contributed by atoms with Crippen molar-refractivity contribution in [3.63, 3.8) is 0 Å². The summed E-state index contributed by atoms with van der Waals surface area (Å²) in [5.41, 5.74) is 0.721. The average molecular weight is 251 g/mol. The summed E-state index contributed by atoms with van der Waals surface area (Å²) in [6, 6.07) is 1.77. The van der Waals surface area contributed by atoms with E-state index in [4.69, 9.17) is 0 Å². The van der Waals surface area contributed by atoms with E-state index >= 15 is 0 Å². The number of hydrogen-bond acceptors (Lipinski definition) is 3. The van der Waals surface area contributed by atoms with Gasteiger partial charge in [-0.1, -0.05) is 6.92 Å². The maximum Gasteiger partial charge on any atom is 0.170 e. The third kappa shape index (κ3) is 3.19. The Morgan fingerprint density at radius 1 is 1.33 bits per heavy atom. The minimum atomic E-state index is -0.150. The van der Waals surface area contributed by atoms with Gasteiger partial charge >= 0.3 is 0 Å².